The van der Waals surface area contributed by atoms with E-state index in [2.05, 4.69) is 0 Å². The minimum Gasteiger partial charge on any atom is -0.495 e. The molecule has 4 rings (SSSR count). The van der Waals surface area contributed by atoms with Crippen molar-refractivity contribution in [1.29, 1.82) is 0 Å². The van der Waals surface area contributed by atoms with E-state index in [4.69, 9.17) is 23.4 Å². The van der Waals surface area contributed by atoms with Gasteiger partial charge < -0.3 is 48.9 Å². The van der Waals surface area contributed by atoms with Gasteiger partial charge in [-0.05, 0) is 13.8 Å². The molecule has 11 heteroatoms. The first-order valence-corrected chi connectivity index (χ1v) is 10.5. The third-order valence-corrected chi connectivity index (χ3v) is 6.15. The summed E-state index contributed by atoms with van der Waals surface area (Å²) < 4.78 is 28.6. The number of hydrogen-bond donors (Lipinski definition) is 5. The molecule has 182 valence electrons. The summed E-state index contributed by atoms with van der Waals surface area (Å²) >= 11 is 0. The Balaban J connectivity index is 1.63. The van der Waals surface area contributed by atoms with E-state index >= 15 is 0 Å². The lowest BCUT2D eigenvalue weighted by molar-refractivity contribution is -0.329. The molecule has 0 aliphatic carbocycles. The molecule has 2 aliphatic rings. The summed E-state index contributed by atoms with van der Waals surface area (Å²) in [5.41, 5.74) is -0.613. The zero-order valence-electron chi connectivity index (χ0n) is 18.4. The molecule has 6 unspecified atom stereocenters. The van der Waals surface area contributed by atoms with E-state index in [1.54, 1.807) is 19.9 Å². The topological polar surface area (TPSA) is 168 Å². The fraction of sp³-hybridized carbons (Fsp3) is 0.591. The Morgan fingerprint density at radius 1 is 1.12 bits per heavy atom. The zero-order valence-corrected chi connectivity index (χ0v) is 18.4. The molecule has 33 heavy (non-hydrogen) atoms. The molecule has 0 bridgehead atoms. The Morgan fingerprint density at radius 2 is 1.85 bits per heavy atom. The third kappa shape index (κ3) is 4.10. The first-order valence-electron chi connectivity index (χ1n) is 10.5. The van der Waals surface area contributed by atoms with Crippen molar-refractivity contribution in [1.82, 2.24) is 0 Å². The van der Waals surface area contributed by atoms with Crippen LogP contribution in [0, 0.1) is 0 Å². The van der Waals surface area contributed by atoms with Crippen molar-refractivity contribution in [2.24, 2.45) is 0 Å². The lowest BCUT2D eigenvalue weighted by atomic mass is 9.94. The molecule has 3 heterocycles. The van der Waals surface area contributed by atoms with Gasteiger partial charge in [0.1, 0.15) is 71.0 Å². The molecule has 2 aliphatic heterocycles. The van der Waals surface area contributed by atoms with Crippen LogP contribution in [0.1, 0.15) is 25.2 Å². The second kappa shape index (κ2) is 8.84. The smallest absolute Gasteiger partial charge is 0.196 e. The van der Waals surface area contributed by atoms with Gasteiger partial charge in [-0.25, -0.2) is 0 Å². The molecule has 6 atom stereocenters. The summed E-state index contributed by atoms with van der Waals surface area (Å²) in [6.45, 7) is 2.39. The van der Waals surface area contributed by atoms with Gasteiger partial charge in [-0.2, -0.15) is 0 Å². The number of rotatable bonds is 6. The first kappa shape index (κ1) is 23.9. The maximum Gasteiger partial charge on any atom is 0.196 e. The number of ether oxygens (including phenoxy) is 4. The van der Waals surface area contributed by atoms with Crippen LogP contribution in [-0.2, 0) is 22.5 Å². The Kier molecular flexibility index (Phi) is 6.40. The molecule has 5 N–H and O–H groups in total. The van der Waals surface area contributed by atoms with Crippen molar-refractivity contribution in [2.45, 2.75) is 69.3 Å². The minimum absolute atomic E-state index is 0.107. The van der Waals surface area contributed by atoms with Gasteiger partial charge in [-0.3, -0.25) is 4.79 Å². The second-order valence-corrected chi connectivity index (χ2v) is 8.72. The summed E-state index contributed by atoms with van der Waals surface area (Å²) in [6, 6.07) is 2.76. The Bertz CT molecular complexity index is 1080. The molecule has 2 aromatic rings. The Hall–Kier alpha value is -2.25. The number of hydrogen-bond acceptors (Lipinski definition) is 11. The van der Waals surface area contributed by atoms with Gasteiger partial charge in [0.05, 0.1) is 13.7 Å². The van der Waals surface area contributed by atoms with Crippen molar-refractivity contribution < 1.29 is 48.9 Å². The van der Waals surface area contributed by atoms with Crippen LogP contribution in [0.2, 0.25) is 0 Å². The SMILES string of the molecule is COc1c2c(cc3oc(CO)cc(=O)c13)OC(C(C)(C)OC1OC(CO)C(O)C(O)C1O)C2. The van der Waals surface area contributed by atoms with E-state index in [0.717, 1.165) is 0 Å². The average molecular weight is 468 g/mol. The molecule has 0 saturated carbocycles. The molecule has 1 aromatic carbocycles. The summed E-state index contributed by atoms with van der Waals surface area (Å²) in [5, 5.41) is 49.3. The van der Waals surface area contributed by atoms with Gasteiger partial charge in [0, 0.05) is 24.1 Å². The normalized spacial score (nSPS) is 29.7. The fourth-order valence-electron chi connectivity index (χ4n) is 4.27. The quantitative estimate of drug-likeness (QED) is 0.360. The van der Waals surface area contributed by atoms with Crippen LogP contribution < -0.4 is 14.9 Å². The minimum atomic E-state index is -1.57. The molecular weight excluding hydrogens is 440 g/mol. The van der Waals surface area contributed by atoms with Gasteiger partial charge in [0.25, 0.3) is 0 Å². The maximum absolute atomic E-state index is 12.6. The maximum atomic E-state index is 12.6. The predicted octanol–water partition coefficient (Wildman–Crippen LogP) is -0.808. The van der Waals surface area contributed by atoms with Crippen LogP contribution >= 0.6 is 0 Å². The van der Waals surface area contributed by atoms with Gasteiger partial charge >= 0.3 is 0 Å². The van der Waals surface area contributed by atoms with Gasteiger partial charge in [0.2, 0.25) is 0 Å². The molecular formula is C22H28O11. The summed E-state index contributed by atoms with van der Waals surface area (Å²) in [5.74, 6) is 0.815. The molecule has 1 aromatic heterocycles. The van der Waals surface area contributed by atoms with Gasteiger partial charge in [-0.15, -0.1) is 0 Å². The molecule has 1 fully saturated rings. The van der Waals surface area contributed by atoms with E-state index < -0.39 is 55.6 Å². The largest absolute Gasteiger partial charge is 0.495 e. The predicted molar refractivity (Wildman–Crippen MR) is 112 cm³/mol. The first-order chi connectivity index (χ1) is 15.6. The van der Waals surface area contributed by atoms with Crippen molar-refractivity contribution >= 4 is 11.0 Å². The molecule has 0 radical (unpaired) electrons. The number of fused-ring (bicyclic) bond motifs is 2. The highest BCUT2D eigenvalue weighted by atomic mass is 16.7. The van der Waals surface area contributed by atoms with Crippen LogP contribution in [0.4, 0.5) is 0 Å². The third-order valence-electron chi connectivity index (χ3n) is 6.15. The monoisotopic (exact) mass is 468 g/mol. The lowest BCUT2D eigenvalue weighted by Gasteiger charge is -2.43. The van der Waals surface area contributed by atoms with Crippen LogP contribution in [0.15, 0.2) is 21.3 Å². The highest BCUT2D eigenvalue weighted by molar-refractivity contribution is 5.87. The van der Waals surface area contributed by atoms with Crippen molar-refractivity contribution in [3.8, 4) is 11.5 Å². The van der Waals surface area contributed by atoms with E-state index in [9.17, 15) is 30.3 Å². The van der Waals surface area contributed by atoms with E-state index in [1.165, 1.54) is 13.2 Å². The van der Waals surface area contributed by atoms with Crippen molar-refractivity contribution in [2.75, 3.05) is 13.7 Å². The summed E-state index contributed by atoms with van der Waals surface area (Å²) in [6.07, 6.45) is -7.37. The highest BCUT2D eigenvalue weighted by Gasteiger charge is 2.48. The van der Waals surface area contributed by atoms with E-state index in [1.807, 2.05) is 0 Å². The van der Waals surface area contributed by atoms with Crippen LogP contribution in [-0.4, -0.2) is 81.7 Å². The Morgan fingerprint density at radius 3 is 2.48 bits per heavy atom. The molecule has 11 nitrogen and oxygen atoms in total. The molecule has 1 saturated heterocycles. The van der Waals surface area contributed by atoms with Crippen molar-refractivity contribution in [3.63, 3.8) is 0 Å². The average Bonchev–Trinajstić information content (AvgIpc) is 3.22. The standard InChI is InChI=1S/C22H28O11/c1-22(2,33-21-19(28)18(27)17(26)14(8-24)32-21)15-5-10-12(31-15)6-13-16(20(10)29-3)11(25)4-9(7-23)30-13/h4,6,14-15,17-19,21,23-24,26-28H,5,7-8H2,1-3H3. The van der Waals surface area contributed by atoms with Crippen LogP contribution in [0.3, 0.4) is 0 Å². The van der Waals surface area contributed by atoms with E-state index in [-0.39, 0.29) is 22.2 Å². The number of methoxy groups -OCH3 is 1. The second-order valence-electron chi connectivity index (χ2n) is 8.72. The highest BCUT2D eigenvalue weighted by Crippen LogP contribution is 2.44. The molecule has 0 amide bonds. The lowest BCUT2D eigenvalue weighted by Crippen LogP contribution is -2.61. The van der Waals surface area contributed by atoms with Crippen LogP contribution in [0.5, 0.6) is 11.5 Å². The number of benzene rings is 1. The number of aliphatic hydroxyl groups excluding tert-OH is 5. The summed E-state index contributed by atoms with van der Waals surface area (Å²) in [4.78, 5) is 12.6. The van der Waals surface area contributed by atoms with Crippen molar-refractivity contribution in [3.05, 3.63) is 33.7 Å². The van der Waals surface area contributed by atoms with Gasteiger partial charge in [0.15, 0.2) is 11.7 Å². The van der Waals surface area contributed by atoms with Crippen LogP contribution in [0.25, 0.3) is 11.0 Å². The zero-order chi connectivity index (χ0) is 24.1. The summed E-state index contributed by atoms with van der Waals surface area (Å²) in [7, 11) is 1.43. The Labute approximate surface area is 188 Å². The van der Waals surface area contributed by atoms with Gasteiger partial charge in [-0.1, -0.05) is 0 Å². The number of aliphatic hydroxyl groups is 5. The molecule has 0 spiro atoms. The fourth-order valence-corrected chi connectivity index (χ4v) is 4.27. The van der Waals surface area contributed by atoms with E-state index in [0.29, 0.717) is 23.5 Å².